The molecule has 0 unspecified atom stereocenters. The van der Waals surface area contributed by atoms with Crippen molar-refractivity contribution in [2.75, 3.05) is 57.4 Å². The van der Waals surface area contributed by atoms with Gasteiger partial charge in [-0.3, -0.25) is 9.59 Å². The first-order valence-electron chi connectivity index (χ1n) is 11.2. The van der Waals surface area contributed by atoms with Crippen LogP contribution in [0.25, 0.3) is 0 Å². The van der Waals surface area contributed by atoms with E-state index in [1.54, 1.807) is 18.5 Å². The molecule has 0 N–H and O–H groups in total. The number of hydrogen-bond acceptors (Lipinski definition) is 6. The summed E-state index contributed by atoms with van der Waals surface area (Å²) in [5, 5.41) is 0. The summed E-state index contributed by atoms with van der Waals surface area (Å²) in [5.74, 6) is 1.50. The molecule has 0 radical (unpaired) electrons. The molecule has 2 atom stereocenters. The molecule has 4 heterocycles. The molecule has 0 bridgehead atoms. The van der Waals surface area contributed by atoms with E-state index >= 15 is 0 Å². The molecule has 1 aromatic heterocycles. The molecule has 0 aromatic carbocycles. The van der Waals surface area contributed by atoms with Crippen LogP contribution in [-0.4, -0.2) is 84.1 Å². The van der Waals surface area contributed by atoms with Gasteiger partial charge in [-0.25, -0.2) is 9.97 Å². The monoisotopic (exact) mass is 415 g/mol. The molecule has 3 aliphatic heterocycles. The molecule has 0 saturated carbocycles. The van der Waals surface area contributed by atoms with Crippen LogP contribution in [0.2, 0.25) is 0 Å². The molecule has 30 heavy (non-hydrogen) atoms. The standard InChI is InChI=1S/C22H33N5O3/c1-17(2)13-19(28)26-8-3-5-22(20(29)25-9-11-30-12-10-25)16-27(15-18(22)14-26)21-23-6-4-7-24-21/h4,6-7,17-18H,3,5,8-16H2,1-2H3/t18-,22-/m0/s1. The van der Waals surface area contributed by atoms with Gasteiger partial charge >= 0.3 is 0 Å². The minimum Gasteiger partial charge on any atom is -0.378 e. The van der Waals surface area contributed by atoms with Crippen LogP contribution in [0.1, 0.15) is 33.1 Å². The number of ether oxygens (including phenoxy) is 1. The van der Waals surface area contributed by atoms with Crippen molar-refractivity contribution in [3.05, 3.63) is 18.5 Å². The first-order valence-corrected chi connectivity index (χ1v) is 11.2. The molecule has 8 nitrogen and oxygen atoms in total. The summed E-state index contributed by atoms with van der Waals surface area (Å²) in [7, 11) is 0. The lowest BCUT2D eigenvalue weighted by molar-refractivity contribution is -0.148. The Hall–Kier alpha value is -2.22. The van der Waals surface area contributed by atoms with E-state index in [0.717, 1.165) is 19.4 Å². The lowest BCUT2D eigenvalue weighted by atomic mass is 9.73. The van der Waals surface area contributed by atoms with Crippen molar-refractivity contribution in [2.45, 2.75) is 33.1 Å². The maximum absolute atomic E-state index is 13.8. The zero-order valence-corrected chi connectivity index (χ0v) is 18.1. The molecular weight excluding hydrogens is 382 g/mol. The zero-order valence-electron chi connectivity index (χ0n) is 18.1. The van der Waals surface area contributed by atoms with Gasteiger partial charge in [0.25, 0.3) is 0 Å². The highest BCUT2D eigenvalue weighted by atomic mass is 16.5. The number of carbonyl (C=O) groups is 2. The number of anilines is 1. The van der Waals surface area contributed by atoms with Crippen LogP contribution < -0.4 is 4.90 Å². The first-order chi connectivity index (χ1) is 14.5. The van der Waals surface area contributed by atoms with Gasteiger partial charge in [-0.1, -0.05) is 13.8 Å². The maximum atomic E-state index is 13.8. The highest BCUT2D eigenvalue weighted by molar-refractivity contribution is 5.85. The van der Waals surface area contributed by atoms with Gasteiger partial charge in [-0.15, -0.1) is 0 Å². The van der Waals surface area contributed by atoms with Gasteiger partial charge in [0.2, 0.25) is 17.8 Å². The summed E-state index contributed by atoms with van der Waals surface area (Å²) < 4.78 is 5.47. The quantitative estimate of drug-likeness (QED) is 0.740. The van der Waals surface area contributed by atoms with Gasteiger partial charge in [0.05, 0.1) is 18.6 Å². The molecule has 0 aliphatic carbocycles. The fourth-order valence-electron chi connectivity index (χ4n) is 5.18. The minimum absolute atomic E-state index is 0.0789. The number of morpholine rings is 1. The third-order valence-corrected chi connectivity index (χ3v) is 6.68. The Morgan fingerprint density at radius 2 is 1.87 bits per heavy atom. The summed E-state index contributed by atoms with van der Waals surface area (Å²) in [6.45, 7) is 9.31. The average Bonchev–Trinajstić information content (AvgIpc) is 3.02. The predicted octanol–water partition coefficient (Wildman–Crippen LogP) is 1.43. The number of likely N-dealkylation sites (tertiary alicyclic amines) is 1. The molecule has 164 valence electrons. The smallest absolute Gasteiger partial charge is 0.231 e. The lowest BCUT2D eigenvalue weighted by Crippen LogP contribution is -2.53. The predicted molar refractivity (Wildman–Crippen MR) is 113 cm³/mol. The Bertz CT molecular complexity index is 752. The Labute approximate surface area is 178 Å². The molecule has 8 heteroatoms. The van der Waals surface area contributed by atoms with Crippen LogP contribution in [0.5, 0.6) is 0 Å². The Morgan fingerprint density at radius 3 is 2.57 bits per heavy atom. The van der Waals surface area contributed by atoms with Crippen molar-refractivity contribution in [1.82, 2.24) is 19.8 Å². The van der Waals surface area contributed by atoms with Crippen molar-refractivity contribution in [3.8, 4) is 0 Å². The summed E-state index contributed by atoms with van der Waals surface area (Å²) in [6, 6.07) is 1.80. The third kappa shape index (κ3) is 4.15. The molecule has 2 amide bonds. The van der Waals surface area contributed by atoms with E-state index in [1.807, 2.05) is 9.80 Å². The van der Waals surface area contributed by atoms with E-state index in [1.165, 1.54) is 0 Å². The van der Waals surface area contributed by atoms with Gasteiger partial charge in [-0.05, 0) is 24.8 Å². The average molecular weight is 416 g/mol. The van der Waals surface area contributed by atoms with Crippen molar-refractivity contribution in [3.63, 3.8) is 0 Å². The van der Waals surface area contributed by atoms with E-state index < -0.39 is 5.41 Å². The number of carbonyl (C=O) groups excluding carboxylic acids is 2. The second-order valence-corrected chi connectivity index (χ2v) is 9.23. The number of fused-ring (bicyclic) bond motifs is 1. The third-order valence-electron chi connectivity index (χ3n) is 6.68. The van der Waals surface area contributed by atoms with E-state index in [-0.39, 0.29) is 17.7 Å². The van der Waals surface area contributed by atoms with Crippen LogP contribution in [0.3, 0.4) is 0 Å². The topological polar surface area (TPSA) is 78.9 Å². The minimum atomic E-state index is -0.497. The normalized spacial score (nSPS) is 27.2. The maximum Gasteiger partial charge on any atom is 0.231 e. The van der Waals surface area contributed by atoms with Crippen molar-refractivity contribution >= 4 is 17.8 Å². The van der Waals surface area contributed by atoms with E-state index in [4.69, 9.17) is 4.74 Å². The molecule has 0 spiro atoms. The van der Waals surface area contributed by atoms with Gasteiger partial charge in [0.1, 0.15) is 0 Å². The summed E-state index contributed by atoms with van der Waals surface area (Å²) in [6.07, 6.45) is 5.68. The second-order valence-electron chi connectivity index (χ2n) is 9.23. The largest absolute Gasteiger partial charge is 0.378 e. The molecule has 3 fully saturated rings. The number of aromatic nitrogens is 2. The Kier molecular flexibility index (Phi) is 6.22. The number of hydrogen-bond donors (Lipinski definition) is 0. The second kappa shape index (κ2) is 8.88. The zero-order chi connectivity index (χ0) is 21.1. The van der Waals surface area contributed by atoms with Crippen LogP contribution in [0, 0.1) is 17.3 Å². The van der Waals surface area contributed by atoms with Crippen LogP contribution >= 0.6 is 0 Å². The van der Waals surface area contributed by atoms with Crippen molar-refractivity contribution < 1.29 is 14.3 Å². The highest BCUT2D eigenvalue weighted by Gasteiger charge is 2.55. The molecule has 1 aromatic rings. The Morgan fingerprint density at radius 1 is 1.13 bits per heavy atom. The lowest BCUT2D eigenvalue weighted by Gasteiger charge is -2.38. The molecule has 3 aliphatic rings. The van der Waals surface area contributed by atoms with Crippen molar-refractivity contribution in [1.29, 1.82) is 0 Å². The Balaban J connectivity index is 1.61. The van der Waals surface area contributed by atoms with Crippen LogP contribution in [0.4, 0.5) is 5.95 Å². The first kappa shape index (κ1) is 21.0. The van der Waals surface area contributed by atoms with E-state index in [2.05, 4.69) is 28.7 Å². The van der Waals surface area contributed by atoms with Crippen LogP contribution in [0.15, 0.2) is 18.5 Å². The fraction of sp³-hybridized carbons (Fsp3) is 0.727. The fourth-order valence-corrected chi connectivity index (χ4v) is 5.18. The van der Waals surface area contributed by atoms with E-state index in [9.17, 15) is 9.59 Å². The summed E-state index contributed by atoms with van der Waals surface area (Å²) >= 11 is 0. The SMILES string of the molecule is CC(C)CC(=O)N1CCC[C@]2(C(=O)N3CCOCC3)CN(c3ncccn3)C[C@@H]2C1. The van der Waals surface area contributed by atoms with Crippen molar-refractivity contribution in [2.24, 2.45) is 17.3 Å². The van der Waals surface area contributed by atoms with Gasteiger partial charge in [0.15, 0.2) is 0 Å². The highest BCUT2D eigenvalue weighted by Crippen LogP contribution is 2.45. The van der Waals surface area contributed by atoms with E-state index in [0.29, 0.717) is 64.2 Å². The number of nitrogens with zero attached hydrogens (tertiary/aromatic N) is 5. The van der Waals surface area contributed by atoms with Gasteiger partial charge < -0.3 is 19.4 Å². The number of amides is 2. The molecular formula is C22H33N5O3. The number of rotatable bonds is 4. The molecule has 4 rings (SSSR count). The van der Waals surface area contributed by atoms with Gasteiger partial charge in [0, 0.05) is 64.0 Å². The summed E-state index contributed by atoms with van der Waals surface area (Å²) in [5.41, 5.74) is -0.497. The molecule has 3 saturated heterocycles. The summed E-state index contributed by atoms with van der Waals surface area (Å²) in [4.78, 5) is 41.7. The van der Waals surface area contributed by atoms with Gasteiger partial charge in [-0.2, -0.15) is 0 Å². The van der Waals surface area contributed by atoms with Crippen LogP contribution in [-0.2, 0) is 14.3 Å².